The molecule has 1 aromatic rings. The molecule has 4 nitrogen and oxygen atoms in total. The van der Waals surface area contributed by atoms with Crippen molar-refractivity contribution >= 4 is 5.97 Å². The molecule has 0 bridgehead atoms. The summed E-state index contributed by atoms with van der Waals surface area (Å²) in [6.07, 6.45) is 3.09. The molecule has 4 heteroatoms. The van der Waals surface area contributed by atoms with Gasteiger partial charge in [0.1, 0.15) is 5.75 Å². The maximum absolute atomic E-state index is 10.7. The van der Waals surface area contributed by atoms with Crippen LogP contribution in [0.4, 0.5) is 0 Å². The SMILES string of the molecule is CC(CNCCc1ccc2c(c1)CCCO2)C(=O)O. The van der Waals surface area contributed by atoms with Gasteiger partial charge in [-0.2, -0.15) is 0 Å². The average molecular weight is 263 g/mol. The molecule has 1 unspecified atom stereocenters. The van der Waals surface area contributed by atoms with Gasteiger partial charge in [-0.05, 0) is 43.0 Å². The van der Waals surface area contributed by atoms with Crippen molar-refractivity contribution in [3.05, 3.63) is 29.3 Å². The first-order chi connectivity index (χ1) is 9.16. The first-order valence-corrected chi connectivity index (χ1v) is 6.85. The van der Waals surface area contributed by atoms with E-state index in [2.05, 4.69) is 17.4 Å². The lowest BCUT2D eigenvalue weighted by molar-refractivity contribution is -0.140. The van der Waals surface area contributed by atoms with Gasteiger partial charge >= 0.3 is 5.97 Å². The number of nitrogens with one attached hydrogen (secondary N) is 1. The topological polar surface area (TPSA) is 58.6 Å². The first kappa shape index (κ1) is 13.9. The van der Waals surface area contributed by atoms with Crippen molar-refractivity contribution in [2.45, 2.75) is 26.2 Å². The molecule has 2 rings (SSSR count). The Morgan fingerprint density at radius 1 is 1.53 bits per heavy atom. The van der Waals surface area contributed by atoms with Crippen LogP contribution in [0.15, 0.2) is 18.2 Å². The predicted octanol–water partition coefficient (Wildman–Crippen LogP) is 1.86. The van der Waals surface area contributed by atoms with E-state index >= 15 is 0 Å². The van der Waals surface area contributed by atoms with E-state index in [0.29, 0.717) is 6.54 Å². The van der Waals surface area contributed by atoms with Crippen LogP contribution in [0.3, 0.4) is 0 Å². The number of ether oxygens (including phenoxy) is 1. The molecule has 1 heterocycles. The molecule has 0 aliphatic carbocycles. The normalized spacial score (nSPS) is 15.4. The van der Waals surface area contributed by atoms with Gasteiger partial charge in [-0.25, -0.2) is 0 Å². The monoisotopic (exact) mass is 263 g/mol. The Morgan fingerprint density at radius 3 is 3.16 bits per heavy atom. The van der Waals surface area contributed by atoms with Crippen LogP contribution < -0.4 is 10.1 Å². The minimum Gasteiger partial charge on any atom is -0.493 e. The van der Waals surface area contributed by atoms with Gasteiger partial charge in [0.05, 0.1) is 12.5 Å². The van der Waals surface area contributed by atoms with Crippen molar-refractivity contribution < 1.29 is 14.6 Å². The van der Waals surface area contributed by atoms with E-state index in [1.807, 2.05) is 6.07 Å². The molecule has 0 saturated heterocycles. The zero-order valence-electron chi connectivity index (χ0n) is 11.3. The van der Waals surface area contributed by atoms with Crippen molar-refractivity contribution in [1.29, 1.82) is 0 Å². The second kappa shape index (κ2) is 6.57. The van der Waals surface area contributed by atoms with E-state index in [1.54, 1.807) is 6.92 Å². The van der Waals surface area contributed by atoms with Crippen LogP contribution in [0.25, 0.3) is 0 Å². The highest BCUT2D eigenvalue weighted by Crippen LogP contribution is 2.25. The third-order valence-electron chi connectivity index (χ3n) is 3.44. The van der Waals surface area contributed by atoms with Gasteiger partial charge in [-0.15, -0.1) is 0 Å². The number of rotatable bonds is 6. The number of hydrogen-bond acceptors (Lipinski definition) is 3. The van der Waals surface area contributed by atoms with Gasteiger partial charge in [0.15, 0.2) is 0 Å². The Kier molecular flexibility index (Phi) is 4.80. The summed E-state index contributed by atoms with van der Waals surface area (Å²) >= 11 is 0. The summed E-state index contributed by atoms with van der Waals surface area (Å²) in [5, 5.41) is 12.0. The van der Waals surface area contributed by atoms with Gasteiger partial charge in [-0.1, -0.05) is 19.1 Å². The summed E-state index contributed by atoms with van der Waals surface area (Å²) in [6.45, 7) is 3.85. The number of carboxylic acids is 1. The van der Waals surface area contributed by atoms with E-state index < -0.39 is 5.97 Å². The largest absolute Gasteiger partial charge is 0.493 e. The van der Waals surface area contributed by atoms with Crippen molar-refractivity contribution in [3.63, 3.8) is 0 Å². The third kappa shape index (κ3) is 3.96. The fourth-order valence-electron chi connectivity index (χ4n) is 2.21. The van der Waals surface area contributed by atoms with Crippen molar-refractivity contribution in [1.82, 2.24) is 5.32 Å². The second-order valence-electron chi connectivity index (χ2n) is 5.09. The summed E-state index contributed by atoms with van der Waals surface area (Å²) in [7, 11) is 0. The minimum absolute atomic E-state index is 0.336. The maximum atomic E-state index is 10.7. The Bertz CT molecular complexity index is 445. The van der Waals surface area contributed by atoms with E-state index in [4.69, 9.17) is 9.84 Å². The van der Waals surface area contributed by atoms with E-state index in [9.17, 15) is 4.79 Å². The molecular weight excluding hydrogens is 242 g/mol. The zero-order chi connectivity index (χ0) is 13.7. The highest BCUT2D eigenvalue weighted by Gasteiger charge is 2.11. The Morgan fingerprint density at radius 2 is 2.37 bits per heavy atom. The van der Waals surface area contributed by atoms with E-state index in [1.165, 1.54) is 11.1 Å². The fraction of sp³-hybridized carbons (Fsp3) is 0.533. The third-order valence-corrected chi connectivity index (χ3v) is 3.44. The zero-order valence-corrected chi connectivity index (χ0v) is 11.3. The molecule has 104 valence electrons. The highest BCUT2D eigenvalue weighted by molar-refractivity contribution is 5.69. The molecule has 1 aliphatic heterocycles. The van der Waals surface area contributed by atoms with Crippen molar-refractivity contribution in [2.24, 2.45) is 5.92 Å². The number of carbonyl (C=O) groups is 1. The minimum atomic E-state index is -0.751. The lowest BCUT2D eigenvalue weighted by atomic mass is 10.0. The Balaban J connectivity index is 1.78. The quantitative estimate of drug-likeness (QED) is 0.769. The van der Waals surface area contributed by atoms with Crippen LogP contribution in [0.1, 0.15) is 24.5 Å². The number of aliphatic carboxylic acids is 1. The molecule has 1 atom stereocenters. The smallest absolute Gasteiger partial charge is 0.307 e. The summed E-state index contributed by atoms with van der Waals surface area (Å²) in [5.41, 5.74) is 2.57. The standard InChI is InChI=1S/C15H21NO3/c1-11(15(17)18)10-16-7-6-12-4-5-14-13(9-12)3-2-8-19-14/h4-5,9,11,16H,2-3,6-8,10H2,1H3,(H,17,18). The molecule has 1 aliphatic rings. The van der Waals surface area contributed by atoms with Crippen LogP contribution in [-0.2, 0) is 17.6 Å². The van der Waals surface area contributed by atoms with Gasteiger partial charge in [0.2, 0.25) is 0 Å². The number of benzene rings is 1. The van der Waals surface area contributed by atoms with Crippen LogP contribution >= 0.6 is 0 Å². The lowest BCUT2D eigenvalue weighted by Crippen LogP contribution is -2.27. The summed E-state index contributed by atoms with van der Waals surface area (Å²) < 4.78 is 5.58. The first-order valence-electron chi connectivity index (χ1n) is 6.85. The average Bonchev–Trinajstić information content (AvgIpc) is 2.43. The van der Waals surface area contributed by atoms with E-state index in [-0.39, 0.29) is 5.92 Å². The Hall–Kier alpha value is -1.55. The summed E-state index contributed by atoms with van der Waals surface area (Å²) in [4.78, 5) is 10.7. The molecule has 0 spiro atoms. The van der Waals surface area contributed by atoms with Crippen molar-refractivity contribution in [3.8, 4) is 5.75 Å². The summed E-state index contributed by atoms with van der Waals surface area (Å²) in [6, 6.07) is 6.34. The molecule has 19 heavy (non-hydrogen) atoms. The Labute approximate surface area is 113 Å². The van der Waals surface area contributed by atoms with Crippen LogP contribution in [0.2, 0.25) is 0 Å². The molecule has 0 saturated carbocycles. The van der Waals surface area contributed by atoms with Crippen LogP contribution in [0, 0.1) is 5.92 Å². The second-order valence-corrected chi connectivity index (χ2v) is 5.09. The van der Waals surface area contributed by atoms with Crippen LogP contribution in [-0.4, -0.2) is 30.8 Å². The number of fused-ring (bicyclic) bond motifs is 1. The lowest BCUT2D eigenvalue weighted by Gasteiger charge is -2.18. The fourth-order valence-corrected chi connectivity index (χ4v) is 2.21. The maximum Gasteiger partial charge on any atom is 0.307 e. The molecule has 1 aromatic carbocycles. The predicted molar refractivity (Wildman–Crippen MR) is 73.6 cm³/mol. The van der Waals surface area contributed by atoms with Crippen LogP contribution in [0.5, 0.6) is 5.75 Å². The molecular formula is C15H21NO3. The van der Waals surface area contributed by atoms with Gasteiger partial charge < -0.3 is 15.2 Å². The number of carboxylic acid groups (broad SMARTS) is 1. The van der Waals surface area contributed by atoms with Gasteiger partial charge in [0, 0.05) is 6.54 Å². The molecule has 0 fully saturated rings. The number of aryl methyl sites for hydroxylation is 1. The summed E-state index contributed by atoms with van der Waals surface area (Å²) in [5.74, 6) is -0.0715. The molecule has 2 N–H and O–H groups in total. The number of hydrogen-bond donors (Lipinski definition) is 2. The molecule has 0 amide bonds. The highest BCUT2D eigenvalue weighted by atomic mass is 16.5. The van der Waals surface area contributed by atoms with Crippen molar-refractivity contribution in [2.75, 3.05) is 19.7 Å². The molecule has 0 aromatic heterocycles. The molecule has 0 radical (unpaired) electrons. The van der Waals surface area contributed by atoms with Gasteiger partial charge in [-0.3, -0.25) is 4.79 Å². The van der Waals surface area contributed by atoms with E-state index in [0.717, 1.165) is 38.2 Å². The van der Waals surface area contributed by atoms with Gasteiger partial charge in [0.25, 0.3) is 0 Å².